The molecule has 3 rings (SSSR count). The Kier molecular flexibility index (Phi) is 6.01. The Morgan fingerprint density at radius 1 is 1.28 bits per heavy atom. The number of hydrogen-bond acceptors (Lipinski definition) is 5. The van der Waals surface area contributed by atoms with Crippen LogP contribution in [0, 0.1) is 0 Å². The van der Waals surface area contributed by atoms with Gasteiger partial charge in [-0.2, -0.15) is 0 Å². The van der Waals surface area contributed by atoms with Crippen LogP contribution in [0.2, 0.25) is 0 Å². The molecule has 2 aliphatic heterocycles. The second kappa shape index (κ2) is 8.42. The number of hydrogen-bond donors (Lipinski definition) is 2. The number of carbonyl (C=O) groups is 2. The molecule has 0 aromatic heterocycles. The van der Waals surface area contributed by atoms with E-state index in [1.807, 2.05) is 29.2 Å². The Morgan fingerprint density at radius 2 is 2.08 bits per heavy atom. The largest absolute Gasteiger partial charge is 0.378 e. The maximum atomic E-state index is 12.6. The summed E-state index contributed by atoms with van der Waals surface area (Å²) in [5.74, 6) is 0.0548. The van der Waals surface area contributed by atoms with Gasteiger partial charge in [0, 0.05) is 51.4 Å². The number of benzene rings is 1. The number of piperazine rings is 1. The predicted octanol–water partition coefficient (Wildman–Crippen LogP) is -0.149. The van der Waals surface area contributed by atoms with Crippen molar-refractivity contribution in [2.24, 2.45) is 0 Å². The Bertz CT molecular complexity index is 616. The van der Waals surface area contributed by atoms with Gasteiger partial charge in [-0.3, -0.25) is 14.5 Å². The van der Waals surface area contributed by atoms with Crippen molar-refractivity contribution in [1.29, 1.82) is 0 Å². The van der Waals surface area contributed by atoms with Crippen LogP contribution < -0.4 is 10.6 Å². The van der Waals surface area contributed by atoms with E-state index in [9.17, 15) is 9.59 Å². The zero-order chi connectivity index (χ0) is 17.6. The van der Waals surface area contributed by atoms with Crippen molar-refractivity contribution in [3.05, 3.63) is 35.4 Å². The monoisotopic (exact) mass is 346 g/mol. The Hall–Kier alpha value is -1.96. The summed E-state index contributed by atoms with van der Waals surface area (Å²) in [6.07, 6.45) is 0. The molecule has 0 unspecified atom stereocenters. The predicted molar refractivity (Wildman–Crippen MR) is 94.4 cm³/mol. The average Bonchev–Trinajstić information content (AvgIpc) is 2.68. The molecule has 0 spiro atoms. The highest BCUT2D eigenvalue weighted by Gasteiger charge is 2.28. The van der Waals surface area contributed by atoms with Crippen LogP contribution in [0.15, 0.2) is 24.3 Å². The molecular formula is C18H26N4O3. The van der Waals surface area contributed by atoms with Crippen LogP contribution in [0.1, 0.15) is 22.0 Å². The zero-order valence-electron chi connectivity index (χ0n) is 14.7. The molecule has 2 N–H and O–H groups in total. The molecule has 1 aromatic rings. The molecule has 1 atom stereocenters. The highest BCUT2D eigenvalue weighted by molar-refractivity contribution is 5.94. The first kappa shape index (κ1) is 17.8. The van der Waals surface area contributed by atoms with Crippen LogP contribution >= 0.6 is 0 Å². The van der Waals surface area contributed by atoms with Gasteiger partial charge < -0.3 is 20.3 Å². The molecule has 25 heavy (non-hydrogen) atoms. The van der Waals surface area contributed by atoms with Gasteiger partial charge in [-0.05, 0) is 17.7 Å². The molecule has 2 heterocycles. The second-order valence-corrected chi connectivity index (χ2v) is 6.39. The number of ether oxygens (including phenoxy) is 1. The molecule has 2 amide bonds. The maximum Gasteiger partial charge on any atom is 0.251 e. The van der Waals surface area contributed by atoms with Crippen molar-refractivity contribution in [2.45, 2.75) is 6.04 Å². The molecule has 2 aliphatic rings. The fraction of sp³-hybridized carbons (Fsp3) is 0.556. The van der Waals surface area contributed by atoms with Crippen LogP contribution in [0.5, 0.6) is 0 Å². The summed E-state index contributed by atoms with van der Waals surface area (Å²) >= 11 is 0. The normalized spacial score (nSPS) is 21.8. The number of rotatable bonds is 4. The molecule has 0 saturated carbocycles. The van der Waals surface area contributed by atoms with Gasteiger partial charge in [0.25, 0.3) is 5.91 Å². The Balaban J connectivity index is 1.72. The molecule has 7 heteroatoms. The third kappa shape index (κ3) is 4.36. The van der Waals surface area contributed by atoms with E-state index in [0.29, 0.717) is 38.4 Å². The first-order valence-electron chi connectivity index (χ1n) is 8.81. The van der Waals surface area contributed by atoms with Gasteiger partial charge in [0.1, 0.15) is 0 Å². The van der Waals surface area contributed by atoms with Crippen molar-refractivity contribution in [3.8, 4) is 0 Å². The smallest absolute Gasteiger partial charge is 0.251 e. The highest BCUT2D eigenvalue weighted by atomic mass is 16.5. The molecule has 2 saturated heterocycles. The van der Waals surface area contributed by atoms with Crippen LogP contribution in [0.3, 0.4) is 0 Å². The van der Waals surface area contributed by atoms with Crippen molar-refractivity contribution in [3.63, 3.8) is 0 Å². The summed E-state index contributed by atoms with van der Waals surface area (Å²) in [7, 11) is 1.63. The number of morpholine rings is 1. The minimum absolute atomic E-state index is 0.0864. The molecular weight excluding hydrogens is 320 g/mol. The summed E-state index contributed by atoms with van der Waals surface area (Å²) in [5, 5.41) is 6.05. The molecule has 7 nitrogen and oxygen atoms in total. The SMILES string of the molecule is CNC(=O)c1cccc([C@H]2CNCCN2CC(=O)N2CCOCC2)c1. The lowest BCUT2D eigenvalue weighted by Gasteiger charge is -2.38. The van der Waals surface area contributed by atoms with E-state index in [1.54, 1.807) is 7.05 Å². The fourth-order valence-corrected chi connectivity index (χ4v) is 3.38. The average molecular weight is 346 g/mol. The Morgan fingerprint density at radius 3 is 2.84 bits per heavy atom. The zero-order valence-corrected chi connectivity index (χ0v) is 14.7. The van der Waals surface area contributed by atoms with E-state index >= 15 is 0 Å². The minimum atomic E-state index is -0.0958. The van der Waals surface area contributed by atoms with Crippen LogP contribution in [0.4, 0.5) is 0 Å². The van der Waals surface area contributed by atoms with Gasteiger partial charge in [0.15, 0.2) is 0 Å². The topological polar surface area (TPSA) is 73.9 Å². The van der Waals surface area contributed by atoms with E-state index in [-0.39, 0.29) is 17.9 Å². The lowest BCUT2D eigenvalue weighted by molar-refractivity contribution is -0.137. The van der Waals surface area contributed by atoms with E-state index in [4.69, 9.17) is 4.74 Å². The summed E-state index contributed by atoms with van der Waals surface area (Å²) < 4.78 is 5.32. The summed E-state index contributed by atoms with van der Waals surface area (Å²) in [4.78, 5) is 28.6. The number of carbonyl (C=O) groups excluding carboxylic acids is 2. The van der Waals surface area contributed by atoms with Gasteiger partial charge in [0.05, 0.1) is 19.8 Å². The molecule has 0 aliphatic carbocycles. The first-order chi connectivity index (χ1) is 12.2. The van der Waals surface area contributed by atoms with E-state index in [0.717, 1.165) is 25.2 Å². The van der Waals surface area contributed by atoms with E-state index in [1.165, 1.54) is 0 Å². The van der Waals surface area contributed by atoms with Crippen molar-refractivity contribution in [2.75, 3.05) is 59.5 Å². The van der Waals surface area contributed by atoms with Crippen molar-refractivity contribution >= 4 is 11.8 Å². The van der Waals surface area contributed by atoms with Gasteiger partial charge in [-0.15, -0.1) is 0 Å². The van der Waals surface area contributed by atoms with Gasteiger partial charge in [-0.25, -0.2) is 0 Å². The molecule has 136 valence electrons. The maximum absolute atomic E-state index is 12.6. The first-order valence-corrected chi connectivity index (χ1v) is 8.81. The summed E-state index contributed by atoms with van der Waals surface area (Å²) in [6, 6.07) is 7.74. The standard InChI is InChI=1S/C18H26N4O3/c1-19-18(24)15-4-2-3-14(11-15)16-12-20-5-6-22(16)13-17(23)21-7-9-25-10-8-21/h2-4,11,16,20H,5-10,12-13H2,1H3,(H,19,24)/t16-/m1/s1. The third-order valence-corrected chi connectivity index (χ3v) is 4.82. The van der Waals surface area contributed by atoms with E-state index in [2.05, 4.69) is 15.5 Å². The quantitative estimate of drug-likeness (QED) is 0.793. The molecule has 0 radical (unpaired) electrons. The minimum Gasteiger partial charge on any atom is -0.378 e. The van der Waals surface area contributed by atoms with Crippen LogP contribution in [-0.4, -0.2) is 81.1 Å². The number of nitrogens with one attached hydrogen (secondary N) is 2. The molecule has 0 bridgehead atoms. The highest BCUT2D eigenvalue weighted by Crippen LogP contribution is 2.23. The van der Waals surface area contributed by atoms with E-state index < -0.39 is 0 Å². The van der Waals surface area contributed by atoms with Crippen molar-refractivity contribution < 1.29 is 14.3 Å². The lowest BCUT2D eigenvalue weighted by atomic mass is 10.0. The number of nitrogens with zero attached hydrogens (tertiary/aromatic N) is 2. The van der Waals surface area contributed by atoms with Crippen LogP contribution in [0.25, 0.3) is 0 Å². The Labute approximate surface area is 148 Å². The van der Waals surface area contributed by atoms with Crippen molar-refractivity contribution in [1.82, 2.24) is 20.4 Å². The summed E-state index contributed by atoms with van der Waals surface area (Å²) in [5.41, 5.74) is 1.70. The second-order valence-electron chi connectivity index (χ2n) is 6.39. The van der Waals surface area contributed by atoms with Gasteiger partial charge in [-0.1, -0.05) is 12.1 Å². The lowest BCUT2D eigenvalue weighted by Crippen LogP contribution is -2.51. The summed E-state index contributed by atoms with van der Waals surface area (Å²) in [6.45, 7) is 5.41. The van der Waals surface area contributed by atoms with Gasteiger partial charge >= 0.3 is 0 Å². The molecule has 1 aromatic carbocycles. The molecule has 2 fully saturated rings. The number of amides is 2. The third-order valence-electron chi connectivity index (χ3n) is 4.82. The van der Waals surface area contributed by atoms with Gasteiger partial charge in [0.2, 0.25) is 5.91 Å². The van der Waals surface area contributed by atoms with Crippen LogP contribution in [-0.2, 0) is 9.53 Å². The fourth-order valence-electron chi connectivity index (χ4n) is 3.38.